The van der Waals surface area contributed by atoms with Crippen molar-refractivity contribution in [1.82, 2.24) is 4.98 Å². The van der Waals surface area contributed by atoms with Crippen LogP contribution in [0.4, 0.5) is 24.5 Å². The van der Waals surface area contributed by atoms with Gasteiger partial charge in [-0.05, 0) is 50.2 Å². The molecule has 3 rings (SSSR count). The highest BCUT2D eigenvalue weighted by Gasteiger charge is 2.33. The van der Waals surface area contributed by atoms with Crippen LogP contribution in [0.1, 0.15) is 18.2 Å². The van der Waals surface area contributed by atoms with Crippen LogP contribution in [-0.2, 0) is 6.18 Å². The molecule has 0 fully saturated rings. The summed E-state index contributed by atoms with van der Waals surface area (Å²) in [5, 5.41) is 3.62. The third-order valence-electron chi connectivity index (χ3n) is 3.72. The molecule has 0 spiro atoms. The van der Waals surface area contributed by atoms with Gasteiger partial charge in [0.15, 0.2) is 0 Å². The lowest BCUT2D eigenvalue weighted by molar-refractivity contribution is -0.136. The SMILES string of the molecule is CCOc1ccc2nc(C)cc(Nc3ccccc3C(F)(F)F)c2c1. The Kier molecular flexibility index (Phi) is 4.53. The van der Waals surface area contributed by atoms with Gasteiger partial charge in [0.05, 0.1) is 23.4 Å². The van der Waals surface area contributed by atoms with E-state index in [4.69, 9.17) is 4.74 Å². The van der Waals surface area contributed by atoms with Crippen LogP contribution in [0.2, 0.25) is 0 Å². The summed E-state index contributed by atoms with van der Waals surface area (Å²) < 4.78 is 45.2. The average Bonchev–Trinajstić information content (AvgIpc) is 2.55. The predicted molar refractivity (Wildman–Crippen MR) is 92.4 cm³/mol. The fraction of sp³-hybridized carbons (Fsp3) is 0.211. The molecular formula is C19H17F3N2O. The normalized spacial score (nSPS) is 11.6. The molecule has 1 heterocycles. The Balaban J connectivity index is 2.11. The highest BCUT2D eigenvalue weighted by Crippen LogP contribution is 2.37. The Morgan fingerprint density at radius 2 is 1.80 bits per heavy atom. The first-order valence-corrected chi connectivity index (χ1v) is 7.86. The van der Waals surface area contributed by atoms with Crippen molar-refractivity contribution >= 4 is 22.3 Å². The van der Waals surface area contributed by atoms with Crippen LogP contribution in [-0.4, -0.2) is 11.6 Å². The average molecular weight is 346 g/mol. The Bertz CT molecular complexity index is 907. The Morgan fingerprint density at radius 3 is 2.52 bits per heavy atom. The van der Waals surface area contributed by atoms with Crippen molar-refractivity contribution in [2.75, 3.05) is 11.9 Å². The summed E-state index contributed by atoms with van der Waals surface area (Å²) in [6, 6.07) is 12.5. The quantitative estimate of drug-likeness (QED) is 0.657. The molecule has 0 saturated heterocycles. The van der Waals surface area contributed by atoms with Crippen LogP contribution in [0.5, 0.6) is 5.75 Å². The molecule has 0 amide bonds. The molecule has 25 heavy (non-hydrogen) atoms. The number of pyridine rings is 1. The maximum atomic E-state index is 13.2. The number of alkyl halides is 3. The summed E-state index contributed by atoms with van der Waals surface area (Å²) in [6.45, 7) is 4.18. The number of para-hydroxylation sites is 1. The van der Waals surface area contributed by atoms with Crippen LogP contribution in [0, 0.1) is 6.92 Å². The minimum absolute atomic E-state index is 0.00344. The van der Waals surface area contributed by atoms with Crippen molar-refractivity contribution in [2.24, 2.45) is 0 Å². The second kappa shape index (κ2) is 6.63. The number of halogens is 3. The van der Waals surface area contributed by atoms with Gasteiger partial charge in [0.1, 0.15) is 5.75 Å². The summed E-state index contributed by atoms with van der Waals surface area (Å²) in [5.74, 6) is 0.646. The molecule has 0 radical (unpaired) electrons. The van der Waals surface area contributed by atoms with E-state index in [9.17, 15) is 13.2 Å². The lowest BCUT2D eigenvalue weighted by atomic mass is 10.1. The molecule has 0 aliphatic rings. The van der Waals surface area contributed by atoms with Crippen LogP contribution in [0.3, 0.4) is 0 Å². The minimum atomic E-state index is -4.43. The lowest BCUT2D eigenvalue weighted by Gasteiger charge is -2.16. The molecule has 0 aliphatic heterocycles. The van der Waals surface area contributed by atoms with Gasteiger partial charge in [0.25, 0.3) is 0 Å². The molecule has 0 aliphatic carbocycles. The number of ether oxygens (including phenoxy) is 1. The zero-order valence-electron chi connectivity index (χ0n) is 13.8. The summed E-state index contributed by atoms with van der Waals surface area (Å²) in [5.41, 5.74) is 1.25. The van der Waals surface area contributed by atoms with Gasteiger partial charge in [-0.15, -0.1) is 0 Å². The van der Waals surface area contributed by atoms with Crippen LogP contribution >= 0.6 is 0 Å². The monoisotopic (exact) mass is 346 g/mol. The maximum Gasteiger partial charge on any atom is 0.418 e. The van der Waals surface area contributed by atoms with Crippen molar-refractivity contribution < 1.29 is 17.9 Å². The lowest BCUT2D eigenvalue weighted by Crippen LogP contribution is -2.08. The Labute approximate surface area is 143 Å². The van der Waals surface area contributed by atoms with Crippen molar-refractivity contribution in [1.29, 1.82) is 0 Å². The smallest absolute Gasteiger partial charge is 0.418 e. The standard InChI is InChI=1S/C19H17F3N2O/c1-3-25-13-8-9-16-14(11-13)18(10-12(2)23-16)24-17-7-5-4-6-15(17)19(20,21)22/h4-11H,3H2,1-2H3,(H,23,24). The van der Waals surface area contributed by atoms with Gasteiger partial charge in [-0.3, -0.25) is 4.98 Å². The molecule has 0 bridgehead atoms. The summed E-state index contributed by atoms with van der Waals surface area (Å²) >= 11 is 0. The van der Waals surface area contributed by atoms with Crippen LogP contribution in [0.15, 0.2) is 48.5 Å². The highest BCUT2D eigenvalue weighted by molar-refractivity contribution is 5.94. The highest BCUT2D eigenvalue weighted by atomic mass is 19.4. The number of anilines is 2. The minimum Gasteiger partial charge on any atom is -0.494 e. The third-order valence-corrected chi connectivity index (χ3v) is 3.72. The fourth-order valence-corrected chi connectivity index (χ4v) is 2.68. The molecule has 3 aromatic rings. The predicted octanol–water partition coefficient (Wildman–Crippen LogP) is 5.70. The zero-order valence-corrected chi connectivity index (χ0v) is 13.8. The summed E-state index contributed by atoms with van der Waals surface area (Å²) in [7, 11) is 0. The van der Waals surface area contributed by atoms with Gasteiger partial charge in [-0.25, -0.2) is 0 Å². The summed E-state index contributed by atoms with van der Waals surface area (Å²) in [6.07, 6.45) is -4.43. The first-order valence-electron chi connectivity index (χ1n) is 7.86. The van der Waals surface area contributed by atoms with Crippen molar-refractivity contribution in [3.63, 3.8) is 0 Å². The number of hydrogen-bond donors (Lipinski definition) is 1. The van der Waals surface area contributed by atoms with Gasteiger partial charge in [0.2, 0.25) is 0 Å². The van der Waals surface area contributed by atoms with Gasteiger partial charge in [-0.1, -0.05) is 12.1 Å². The fourth-order valence-electron chi connectivity index (χ4n) is 2.68. The topological polar surface area (TPSA) is 34.1 Å². The van der Waals surface area contributed by atoms with E-state index in [1.54, 1.807) is 37.3 Å². The van der Waals surface area contributed by atoms with E-state index >= 15 is 0 Å². The number of nitrogens with one attached hydrogen (secondary N) is 1. The molecule has 1 N–H and O–H groups in total. The number of nitrogens with zero attached hydrogens (tertiary/aromatic N) is 1. The van der Waals surface area contributed by atoms with Gasteiger partial charge in [0, 0.05) is 16.8 Å². The van der Waals surface area contributed by atoms with Crippen molar-refractivity contribution in [3.8, 4) is 5.75 Å². The molecule has 0 atom stereocenters. The second-order valence-corrected chi connectivity index (χ2v) is 5.59. The van der Waals surface area contributed by atoms with Crippen LogP contribution in [0.25, 0.3) is 10.9 Å². The largest absolute Gasteiger partial charge is 0.494 e. The van der Waals surface area contributed by atoms with E-state index in [2.05, 4.69) is 10.3 Å². The molecule has 0 unspecified atom stereocenters. The van der Waals surface area contributed by atoms with E-state index in [0.717, 1.165) is 6.07 Å². The molecule has 130 valence electrons. The summed E-state index contributed by atoms with van der Waals surface area (Å²) in [4.78, 5) is 4.43. The maximum absolute atomic E-state index is 13.2. The molecule has 0 saturated carbocycles. The van der Waals surface area contributed by atoms with E-state index in [1.165, 1.54) is 12.1 Å². The third kappa shape index (κ3) is 3.68. The Hall–Kier alpha value is -2.76. The molecular weight excluding hydrogens is 329 g/mol. The molecule has 6 heteroatoms. The van der Waals surface area contributed by atoms with E-state index < -0.39 is 11.7 Å². The zero-order chi connectivity index (χ0) is 18.0. The number of rotatable bonds is 4. The van der Waals surface area contributed by atoms with E-state index in [0.29, 0.717) is 34.6 Å². The molecule has 2 aromatic carbocycles. The second-order valence-electron chi connectivity index (χ2n) is 5.59. The number of benzene rings is 2. The first-order chi connectivity index (χ1) is 11.9. The van der Waals surface area contributed by atoms with Gasteiger partial charge < -0.3 is 10.1 Å². The number of aryl methyl sites for hydroxylation is 1. The molecule has 1 aromatic heterocycles. The van der Waals surface area contributed by atoms with Crippen molar-refractivity contribution in [2.45, 2.75) is 20.0 Å². The Morgan fingerprint density at radius 1 is 1.04 bits per heavy atom. The first kappa shape index (κ1) is 17.1. The van der Waals surface area contributed by atoms with Crippen molar-refractivity contribution in [3.05, 3.63) is 59.8 Å². The number of aromatic nitrogens is 1. The number of fused-ring (bicyclic) bond motifs is 1. The van der Waals surface area contributed by atoms with Crippen LogP contribution < -0.4 is 10.1 Å². The van der Waals surface area contributed by atoms with E-state index in [-0.39, 0.29) is 5.69 Å². The molecule has 3 nitrogen and oxygen atoms in total. The van der Waals surface area contributed by atoms with Gasteiger partial charge >= 0.3 is 6.18 Å². The van der Waals surface area contributed by atoms with E-state index in [1.807, 2.05) is 6.92 Å². The number of hydrogen-bond acceptors (Lipinski definition) is 3. The van der Waals surface area contributed by atoms with Gasteiger partial charge in [-0.2, -0.15) is 13.2 Å².